The van der Waals surface area contributed by atoms with Crippen LogP contribution in [-0.2, 0) is 11.3 Å². The molecule has 0 aromatic heterocycles. The van der Waals surface area contributed by atoms with E-state index in [2.05, 4.69) is 4.90 Å². The normalized spacial score (nSPS) is 21.5. The van der Waals surface area contributed by atoms with Gasteiger partial charge >= 0.3 is 6.09 Å². The largest absolute Gasteiger partial charge is 0.445 e. The number of carbonyl (C=O) groups is 1. The summed E-state index contributed by atoms with van der Waals surface area (Å²) in [5, 5.41) is 0. The second-order valence-electron chi connectivity index (χ2n) is 6.54. The summed E-state index contributed by atoms with van der Waals surface area (Å²) < 4.78 is 5.48. The van der Waals surface area contributed by atoms with Crippen molar-refractivity contribution < 1.29 is 9.53 Å². The summed E-state index contributed by atoms with van der Waals surface area (Å²) in [4.78, 5) is 16.7. The Morgan fingerprint density at radius 2 is 2.00 bits per heavy atom. The fourth-order valence-corrected chi connectivity index (χ4v) is 3.42. The van der Waals surface area contributed by atoms with Crippen molar-refractivity contribution in [2.75, 3.05) is 26.2 Å². The van der Waals surface area contributed by atoms with Crippen LogP contribution in [0.3, 0.4) is 0 Å². The lowest BCUT2D eigenvalue weighted by Gasteiger charge is -2.39. The van der Waals surface area contributed by atoms with E-state index in [1.165, 1.54) is 12.8 Å². The van der Waals surface area contributed by atoms with E-state index >= 15 is 0 Å². The van der Waals surface area contributed by atoms with E-state index < -0.39 is 0 Å². The molecule has 1 aliphatic carbocycles. The summed E-state index contributed by atoms with van der Waals surface area (Å²) in [7, 11) is 0. The van der Waals surface area contributed by atoms with E-state index in [0.717, 1.165) is 38.0 Å². The first-order valence-corrected chi connectivity index (χ1v) is 8.69. The zero-order chi connectivity index (χ0) is 16.1. The van der Waals surface area contributed by atoms with Gasteiger partial charge in [0.15, 0.2) is 0 Å². The Balaban J connectivity index is 1.52. The fourth-order valence-electron chi connectivity index (χ4n) is 3.42. The Bertz CT molecular complexity index is 504. The number of nitrogens with zero attached hydrogens (tertiary/aromatic N) is 2. The van der Waals surface area contributed by atoms with E-state index in [9.17, 15) is 4.79 Å². The van der Waals surface area contributed by atoms with Gasteiger partial charge < -0.3 is 15.4 Å². The number of ether oxygens (including phenoxy) is 1. The van der Waals surface area contributed by atoms with Crippen molar-refractivity contribution in [2.45, 2.75) is 44.4 Å². The van der Waals surface area contributed by atoms with Crippen LogP contribution in [0.15, 0.2) is 30.3 Å². The highest BCUT2D eigenvalue weighted by Crippen LogP contribution is 2.31. The van der Waals surface area contributed by atoms with Crippen LogP contribution in [0.5, 0.6) is 0 Å². The van der Waals surface area contributed by atoms with Crippen LogP contribution >= 0.6 is 0 Å². The number of hydrogen-bond acceptors (Lipinski definition) is 4. The van der Waals surface area contributed by atoms with Crippen LogP contribution in [0.2, 0.25) is 0 Å². The number of hydrogen-bond donors (Lipinski definition) is 1. The monoisotopic (exact) mass is 317 g/mol. The molecule has 1 unspecified atom stereocenters. The summed E-state index contributed by atoms with van der Waals surface area (Å²) in [6.45, 7) is 3.53. The van der Waals surface area contributed by atoms with Crippen LogP contribution in [0, 0.1) is 0 Å². The lowest BCUT2D eigenvalue weighted by atomic mass is 10.0. The second kappa shape index (κ2) is 7.79. The Morgan fingerprint density at radius 3 is 2.70 bits per heavy atom. The number of nitrogens with two attached hydrogens (primary N) is 1. The van der Waals surface area contributed by atoms with Gasteiger partial charge in [0.2, 0.25) is 0 Å². The van der Waals surface area contributed by atoms with Gasteiger partial charge in [-0.25, -0.2) is 4.79 Å². The molecular weight excluding hydrogens is 290 g/mol. The number of likely N-dealkylation sites (tertiary alicyclic amines) is 1. The molecule has 5 heteroatoms. The van der Waals surface area contributed by atoms with Crippen LogP contribution in [0.25, 0.3) is 0 Å². The molecule has 23 heavy (non-hydrogen) atoms. The highest BCUT2D eigenvalue weighted by atomic mass is 16.6. The number of piperidine rings is 1. The summed E-state index contributed by atoms with van der Waals surface area (Å²) in [5.74, 6) is 0. The summed E-state index contributed by atoms with van der Waals surface area (Å²) in [6, 6.07) is 10.9. The smallest absolute Gasteiger partial charge is 0.410 e. The molecule has 2 fully saturated rings. The lowest BCUT2D eigenvalue weighted by Crippen LogP contribution is -2.51. The van der Waals surface area contributed by atoms with Gasteiger partial charge in [-0.3, -0.25) is 4.90 Å². The van der Waals surface area contributed by atoms with E-state index in [1.54, 1.807) is 0 Å². The van der Waals surface area contributed by atoms with Crippen molar-refractivity contribution in [1.29, 1.82) is 0 Å². The number of rotatable bonds is 6. The molecule has 126 valence electrons. The summed E-state index contributed by atoms with van der Waals surface area (Å²) in [6.07, 6.45) is 4.55. The third-order valence-corrected chi connectivity index (χ3v) is 4.73. The molecule has 0 radical (unpaired) electrons. The lowest BCUT2D eigenvalue weighted by molar-refractivity contribution is 0.0590. The molecule has 0 bridgehead atoms. The molecular formula is C18H27N3O2. The van der Waals surface area contributed by atoms with Gasteiger partial charge in [-0.2, -0.15) is 0 Å². The Morgan fingerprint density at radius 1 is 1.22 bits per heavy atom. The van der Waals surface area contributed by atoms with E-state index in [1.807, 2.05) is 35.2 Å². The van der Waals surface area contributed by atoms with Crippen molar-refractivity contribution in [1.82, 2.24) is 9.80 Å². The molecule has 3 rings (SSSR count). The molecule has 1 saturated heterocycles. The third-order valence-electron chi connectivity index (χ3n) is 4.73. The highest BCUT2D eigenvalue weighted by molar-refractivity contribution is 5.67. The summed E-state index contributed by atoms with van der Waals surface area (Å²) in [5.41, 5.74) is 6.79. The maximum Gasteiger partial charge on any atom is 0.410 e. The minimum Gasteiger partial charge on any atom is -0.445 e. The Hall–Kier alpha value is -1.59. The van der Waals surface area contributed by atoms with Crippen molar-refractivity contribution in [3.63, 3.8) is 0 Å². The van der Waals surface area contributed by atoms with Crippen LogP contribution in [-0.4, -0.2) is 54.2 Å². The van der Waals surface area contributed by atoms with Gasteiger partial charge in [0.1, 0.15) is 6.61 Å². The first kappa shape index (κ1) is 16.3. The van der Waals surface area contributed by atoms with Crippen molar-refractivity contribution in [3.05, 3.63) is 35.9 Å². The zero-order valence-corrected chi connectivity index (χ0v) is 13.7. The molecule has 1 atom stereocenters. The van der Waals surface area contributed by atoms with E-state index in [0.29, 0.717) is 25.2 Å². The molecule has 0 spiro atoms. The molecule has 2 N–H and O–H groups in total. The van der Waals surface area contributed by atoms with Crippen molar-refractivity contribution in [3.8, 4) is 0 Å². The van der Waals surface area contributed by atoms with Crippen LogP contribution in [0.1, 0.15) is 31.2 Å². The quantitative estimate of drug-likeness (QED) is 0.874. The molecule has 1 heterocycles. The third kappa shape index (κ3) is 4.45. The zero-order valence-electron chi connectivity index (χ0n) is 13.7. The average Bonchev–Trinajstić information content (AvgIpc) is 3.43. The number of benzene rings is 1. The van der Waals surface area contributed by atoms with Crippen molar-refractivity contribution in [2.24, 2.45) is 5.73 Å². The SMILES string of the molecule is NCCN(C1CC1)C1CCCN(C(=O)OCc2ccccc2)C1. The molecule has 1 saturated carbocycles. The van der Waals surface area contributed by atoms with Crippen LogP contribution < -0.4 is 5.73 Å². The van der Waals surface area contributed by atoms with Gasteiger partial charge in [-0.1, -0.05) is 30.3 Å². The first-order valence-electron chi connectivity index (χ1n) is 8.69. The van der Waals surface area contributed by atoms with Crippen molar-refractivity contribution >= 4 is 6.09 Å². The maximum absolute atomic E-state index is 12.3. The summed E-state index contributed by atoms with van der Waals surface area (Å²) >= 11 is 0. The van der Waals surface area contributed by atoms with Gasteiger partial charge in [0.05, 0.1) is 0 Å². The topological polar surface area (TPSA) is 58.8 Å². The number of carbonyl (C=O) groups excluding carboxylic acids is 1. The predicted octanol–water partition coefficient (Wildman–Crippen LogP) is 2.21. The van der Waals surface area contributed by atoms with Gasteiger partial charge in [0.25, 0.3) is 0 Å². The van der Waals surface area contributed by atoms with Crippen LogP contribution in [0.4, 0.5) is 4.79 Å². The predicted molar refractivity (Wildman–Crippen MR) is 90.0 cm³/mol. The Labute approximate surface area is 138 Å². The highest BCUT2D eigenvalue weighted by Gasteiger charge is 2.36. The minimum absolute atomic E-state index is 0.193. The van der Waals surface area contributed by atoms with E-state index in [-0.39, 0.29) is 6.09 Å². The fraction of sp³-hybridized carbons (Fsp3) is 0.611. The average molecular weight is 317 g/mol. The molecule has 1 aromatic carbocycles. The molecule has 5 nitrogen and oxygen atoms in total. The molecule has 1 aliphatic heterocycles. The Kier molecular flexibility index (Phi) is 5.51. The van der Waals surface area contributed by atoms with Gasteiger partial charge in [-0.05, 0) is 31.2 Å². The maximum atomic E-state index is 12.3. The van der Waals surface area contributed by atoms with Gasteiger partial charge in [-0.15, -0.1) is 0 Å². The first-order chi connectivity index (χ1) is 11.3. The minimum atomic E-state index is -0.193. The van der Waals surface area contributed by atoms with Gasteiger partial charge in [0, 0.05) is 38.3 Å². The molecule has 1 aromatic rings. The van der Waals surface area contributed by atoms with E-state index in [4.69, 9.17) is 10.5 Å². The molecule has 2 aliphatic rings. The molecule has 1 amide bonds. The second-order valence-corrected chi connectivity index (χ2v) is 6.54. The number of amides is 1. The standard InChI is InChI=1S/C18H27N3O2/c19-10-12-21(16-8-9-16)17-7-4-11-20(13-17)18(22)23-14-15-5-2-1-3-6-15/h1-3,5-6,16-17H,4,7-14,19H2.